The Morgan fingerprint density at radius 2 is 1.88 bits per heavy atom. The van der Waals surface area contributed by atoms with Crippen LogP contribution in [-0.4, -0.2) is 31.6 Å². The van der Waals surface area contributed by atoms with Gasteiger partial charge in [-0.05, 0) is 36.8 Å². The Balaban J connectivity index is 2.11. The van der Waals surface area contributed by atoms with Crippen molar-refractivity contribution >= 4 is 17.5 Å². The number of amides is 2. The van der Waals surface area contributed by atoms with Gasteiger partial charge in [0.15, 0.2) is 5.76 Å². The van der Waals surface area contributed by atoms with E-state index < -0.39 is 24.5 Å². The Kier molecular flexibility index (Phi) is 6.04. The highest BCUT2D eigenvalue weighted by Crippen LogP contribution is 2.19. The largest absolute Gasteiger partial charge is 0.453 e. The Morgan fingerprint density at radius 3 is 2.54 bits per heavy atom. The third-order valence-corrected chi connectivity index (χ3v) is 3.37. The number of methoxy groups -OCH3 is 1. The summed E-state index contributed by atoms with van der Waals surface area (Å²) in [6, 6.07) is 7.26. The van der Waals surface area contributed by atoms with Gasteiger partial charge in [0.05, 0.1) is 0 Å². The maximum absolute atomic E-state index is 12.2. The van der Waals surface area contributed by atoms with Crippen molar-refractivity contribution in [3.8, 4) is 0 Å². The van der Waals surface area contributed by atoms with Crippen molar-refractivity contribution in [2.75, 3.05) is 19.0 Å². The van der Waals surface area contributed by atoms with Crippen LogP contribution in [-0.2, 0) is 11.3 Å². The number of anilines is 1. The fraction of sp³-hybridized carbons (Fsp3) is 0.294. The maximum Gasteiger partial charge on any atom is 0.405 e. The summed E-state index contributed by atoms with van der Waals surface area (Å²) in [5.41, 5.74) is 0.920. The Labute approximate surface area is 147 Å². The van der Waals surface area contributed by atoms with Crippen LogP contribution in [0.2, 0.25) is 0 Å². The smallest absolute Gasteiger partial charge is 0.405 e. The fourth-order valence-electron chi connectivity index (χ4n) is 2.08. The number of aryl methyl sites for hydroxylation is 1. The summed E-state index contributed by atoms with van der Waals surface area (Å²) in [7, 11) is 1.49. The molecule has 0 fully saturated rings. The van der Waals surface area contributed by atoms with Crippen LogP contribution in [0.15, 0.2) is 34.7 Å². The molecular weight excluding hydrogens is 353 g/mol. The standard InChI is InChI=1S/C17H17F3N2O4/c1-10-3-4-11(15(23)21-9-17(18,19)20)7-13(10)22-16(24)14-6-5-12(26-14)8-25-2/h3-7H,8-9H2,1-2H3,(H,21,23)(H,22,24). The average molecular weight is 370 g/mol. The monoisotopic (exact) mass is 370 g/mol. The molecule has 0 saturated heterocycles. The molecule has 0 saturated carbocycles. The van der Waals surface area contributed by atoms with Crippen LogP contribution in [0.25, 0.3) is 0 Å². The Morgan fingerprint density at radius 1 is 1.15 bits per heavy atom. The van der Waals surface area contributed by atoms with Crippen molar-refractivity contribution in [3.63, 3.8) is 0 Å². The molecule has 0 aliphatic rings. The summed E-state index contributed by atoms with van der Waals surface area (Å²) < 4.78 is 46.8. The first-order chi connectivity index (χ1) is 12.2. The zero-order valence-electron chi connectivity index (χ0n) is 14.1. The summed E-state index contributed by atoms with van der Waals surface area (Å²) in [6.45, 7) is 0.461. The molecule has 1 aromatic heterocycles. The third kappa shape index (κ3) is 5.35. The van der Waals surface area contributed by atoms with Gasteiger partial charge >= 0.3 is 6.18 Å². The summed E-state index contributed by atoms with van der Waals surface area (Å²) in [5.74, 6) is -0.931. The quantitative estimate of drug-likeness (QED) is 0.818. The van der Waals surface area contributed by atoms with Gasteiger partial charge in [0, 0.05) is 18.4 Å². The van der Waals surface area contributed by atoms with Gasteiger partial charge in [0.1, 0.15) is 18.9 Å². The van der Waals surface area contributed by atoms with Crippen LogP contribution >= 0.6 is 0 Å². The van der Waals surface area contributed by atoms with Gasteiger partial charge in [-0.15, -0.1) is 0 Å². The highest BCUT2D eigenvalue weighted by Gasteiger charge is 2.28. The number of nitrogens with one attached hydrogen (secondary N) is 2. The molecule has 1 aromatic carbocycles. The first-order valence-corrected chi connectivity index (χ1v) is 7.54. The number of furan rings is 1. The SMILES string of the molecule is COCc1ccc(C(=O)Nc2cc(C(=O)NCC(F)(F)F)ccc2C)o1. The molecule has 140 valence electrons. The van der Waals surface area contributed by atoms with Crippen molar-refractivity contribution in [1.29, 1.82) is 0 Å². The molecule has 9 heteroatoms. The molecule has 2 rings (SSSR count). The van der Waals surface area contributed by atoms with Crippen LogP contribution < -0.4 is 10.6 Å². The fourth-order valence-corrected chi connectivity index (χ4v) is 2.08. The lowest BCUT2D eigenvalue weighted by molar-refractivity contribution is -0.123. The zero-order valence-corrected chi connectivity index (χ0v) is 14.1. The molecule has 2 aromatic rings. The van der Waals surface area contributed by atoms with E-state index in [0.717, 1.165) is 0 Å². The second-order valence-electron chi connectivity index (χ2n) is 5.48. The van der Waals surface area contributed by atoms with Crippen LogP contribution in [0.1, 0.15) is 32.2 Å². The van der Waals surface area contributed by atoms with Crippen molar-refractivity contribution < 1.29 is 31.9 Å². The van der Waals surface area contributed by atoms with E-state index in [-0.39, 0.29) is 17.9 Å². The van der Waals surface area contributed by atoms with Gasteiger partial charge in [-0.25, -0.2) is 0 Å². The predicted octanol–water partition coefficient (Wildman–Crippen LogP) is 3.28. The van der Waals surface area contributed by atoms with E-state index in [1.807, 2.05) is 0 Å². The van der Waals surface area contributed by atoms with Gasteiger partial charge < -0.3 is 19.8 Å². The molecule has 0 aliphatic carbocycles. The lowest BCUT2D eigenvalue weighted by Gasteiger charge is -2.11. The third-order valence-electron chi connectivity index (χ3n) is 3.37. The number of halogens is 3. The topological polar surface area (TPSA) is 80.6 Å². The van der Waals surface area contributed by atoms with E-state index in [1.165, 1.54) is 31.4 Å². The van der Waals surface area contributed by atoms with E-state index in [0.29, 0.717) is 17.0 Å². The first-order valence-electron chi connectivity index (χ1n) is 7.54. The number of alkyl halides is 3. The van der Waals surface area contributed by atoms with Gasteiger partial charge in [-0.3, -0.25) is 9.59 Å². The molecule has 0 radical (unpaired) electrons. The molecule has 2 amide bonds. The number of ether oxygens (including phenoxy) is 1. The van der Waals surface area contributed by atoms with Crippen molar-refractivity contribution in [3.05, 3.63) is 53.0 Å². The molecule has 0 bridgehead atoms. The second-order valence-corrected chi connectivity index (χ2v) is 5.48. The lowest BCUT2D eigenvalue weighted by Crippen LogP contribution is -2.33. The van der Waals surface area contributed by atoms with Crippen LogP contribution in [0.5, 0.6) is 0 Å². The summed E-state index contributed by atoms with van der Waals surface area (Å²) >= 11 is 0. The minimum atomic E-state index is -4.50. The normalized spacial score (nSPS) is 11.3. The molecule has 26 heavy (non-hydrogen) atoms. The number of carbonyl (C=O) groups is 2. The van der Waals surface area contributed by atoms with Crippen molar-refractivity contribution in [2.24, 2.45) is 0 Å². The van der Waals surface area contributed by atoms with E-state index >= 15 is 0 Å². The number of hydrogen-bond acceptors (Lipinski definition) is 4. The average Bonchev–Trinajstić information content (AvgIpc) is 3.03. The highest BCUT2D eigenvalue weighted by atomic mass is 19.4. The van der Waals surface area contributed by atoms with Gasteiger partial charge in [-0.2, -0.15) is 13.2 Å². The van der Waals surface area contributed by atoms with Crippen molar-refractivity contribution in [1.82, 2.24) is 5.32 Å². The first kappa shape index (κ1) is 19.5. The molecule has 0 unspecified atom stereocenters. The maximum atomic E-state index is 12.2. The minimum Gasteiger partial charge on any atom is -0.453 e. The molecule has 0 aliphatic heterocycles. The number of rotatable bonds is 6. The molecule has 1 heterocycles. The minimum absolute atomic E-state index is 0.00494. The summed E-state index contributed by atoms with van der Waals surface area (Å²) in [5, 5.41) is 4.35. The lowest BCUT2D eigenvalue weighted by atomic mass is 10.1. The Hall–Kier alpha value is -2.81. The van der Waals surface area contributed by atoms with Crippen LogP contribution in [0.3, 0.4) is 0 Å². The number of benzene rings is 1. The van der Waals surface area contributed by atoms with E-state index in [9.17, 15) is 22.8 Å². The van der Waals surface area contributed by atoms with E-state index in [4.69, 9.17) is 9.15 Å². The van der Waals surface area contributed by atoms with Gasteiger partial charge in [0.2, 0.25) is 0 Å². The molecule has 6 nitrogen and oxygen atoms in total. The number of carbonyl (C=O) groups excluding carboxylic acids is 2. The van der Waals surface area contributed by atoms with Gasteiger partial charge in [-0.1, -0.05) is 6.07 Å². The number of hydrogen-bond donors (Lipinski definition) is 2. The van der Waals surface area contributed by atoms with Gasteiger partial charge in [0.25, 0.3) is 11.8 Å². The highest BCUT2D eigenvalue weighted by molar-refractivity contribution is 6.04. The van der Waals surface area contributed by atoms with Crippen LogP contribution in [0, 0.1) is 6.92 Å². The van der Waals surface area contributed by atoms with Crippen LogP contribution in [0.4, 0.5) is 18.9 Å². The summed E-state index contributed by atoms with van der Waals surface area (Å²) in [4.78, 5) is 24.1. The van der Waals surface area contributed by atoms with E-state index in [2.05, 4.69) is 5.32 Å². The summed E-state index contributed by atoms with van der Waals surface area (Å²) in [6.07, 6.45) is -4.50. The van der Waals surface area contributed by atoms with Crippen molar-refractivity contribution in [2.45, 2.75) is 19.7 Å². The molecular formula is C17H17F3N2O4. The zero-order chi connectivity index (χ0) is 19.3. The Bertz CT molecular complexity index is 800. The second kappa shape index (κ2) is 8.05. The molecule has 0 atom stereocenters. The molecule has 0 spiro atoms. The predicted molar refractivity (Wildman–Crippen MR) is 86.9 cm³/mol. The van der Waals surface area contributed by atoms with E-state index in [1.54, 1.807) is 18.3 Å². The molecule has 2 N–H and O–H groups in total.